The fourth-order valence-corrected chi connectivity index (χ4v) is 1.28. The van der Waals surface area contributed by atoms with Crippen LogP contribution in [0.15, 0.2) is 30.3 Å². The van der Waals surface area contributed by atoms with Crippen molar-refractivity contribution >= 4 is 21.8 Å². The Morgan fingerprint density at radius 2 is 2.07 bits per heavy atom. The van der Waals surface area contributed by atoms with Crippen molar-refractivity contribution in [1.82, 2.24) is 5.32 Å². The molecule has 0 aliphatic rings. The van der Waals surface area contributed by atoms with Crippen molar-refractivity contribution in [2.45, 2.75) is 18.2 Å². The van der Waals surface area contributed by atoms with Crippen LogP contribution in [0.4, 0.5) is 0 Å². The van der Waals surface area contributed by atoms with E-state index in [9.17, 15) is 4.79 Å². The number of carbonyl (C=O) groups is 1. The molecule has 0 aliphatic carbocycles. The summed E-state index contributed by atoms with van der Waals surface area (Å²) in [5, 5.41) is 2.84. The number of hydrogen-bond acceptors (Lipinski definition) is 1. The Balaban J connectivity index is 2.26. The maximum absolute atomic E-state index is 11.2. The Hall–Kier alpha value is -0.830. The lowest BCUT2D eigenvalue weighted by molar-refractivity contribution is -0.120. The second kappa shape index (κ2) is 5.81. The molecule has 0 fully saturated rings. The second-order valence-corrected chi connectivity index (χ2v) is 4.52. The van der Waals surface area contributed by atoms with Gasteiger partial charge in [-0.05, 0) is 18.9 Å². The number of hydrogen-bond donors (Lipinski definition) is 1. The van der Waals surface area contributed by atoms with Gasteiger partial charge in [-0.2, -0.15) is 0 Å². The molecular formula is C11H14BrNO. The maximum atomic E-state index is 11.2. The normalized spacial score (nSPS) is 12.1. The van der Waals surface area contributed by atoms with Gasteiger partial charge in [0.15, 0.2) is 0 Å². The summed E-state index contributed by atoms with van der Waals surface area (Å²) in [6.45, 7) is 2.51. The van der Waals surface area contributed by atoms with E-state index in [2.05, 4.69) is 33.4 Å². The molecule has 1 aromatic rings. The predicted octanol–water partition coefficient (Wildman–Crippen LogP) is 2.13. The number of nitrogens with one attached hydrogen (secondary N) is 1. The predicted molar refractivity (Wildman–Crippen MR) is 61.5 cm³/mol. The molecule has 0 aromatic heterocycles. The smallest absolute Gasteiger partial charge is 0.233 e. The molecule has 1 N–H and O–H groups in total. The summed E-state index contributed by atoms with van der Waals surface area (Å²) in [4.78, 5) is 11.1. The zero-order valence-electron chi connectivity index (χ0n) is 8.16. The Morgan fingerprint density at radius 3 is 2.64 bits per heavy atom. The fraction of sp³-hybridized carbons (Fsp3) is 0.364. The lowest BCUT2D eigenvalue weighted by Crippen LogP contribution is -2.30. The summed E-state index contributed by atoms with van der Waals surface area (Å²) in [6.07, 6.45) is 0.881. The highest BCUT2D eigenvalue weighted by Gasteiger charge is 2.06. The number of halogens is 1. The third-order valence-corrected chi connectivity index (χ3v) is 2.33. The van der Waals surface area contributed by atoms with Crippen molar-refractivity contribution in [2.75, 3.05) is 6.54 Å². The van der Waals surface area contributed by atoms with E-state index in [0.29, 0.717) is 6.54 Å². The number of alkyl halides is 1. The molecule has 1 rings (SSSR count). The van der Waals surface area contributed by atoms with Crippen molar-refractivity contribution in [2.24, 2.45) is 0 Å². The Labute approximate surface area is 92.8 Å². The van der Waals surface area contributed by atoms with Gasteiger partial charge >= 0.3 is 0 Å². The van der Waals surface area contributed by atoms with Crippen molar-refractivity contribution in [3.05, 3.63) is 35.9 Å². The van der Waals surface area contributed by atoms with Crippen LogP contribution in [0.2, 0.25) is 0 Å². The monoisotopic (exact) mass is 255 g/mol. The van der Waals surface area contributed by atoms with Gasteiger partial charge in [0, 0.05) is 6.54 Å². The van der Waals surface area contributed by atoms with E-state index in [4.69, 9.17) is 0 Å². The van der Waals surface area contributed by atoms with E-state index in [1.54, 1.807) is 0 Å². The van der Waals surface area contributed by atoms with E-state index in [1.165, 1.54) is 5.56 Å². The topological polar surface area (TPSA) is 29.1 Å². The minimum absolute atomic E-state index is 0.0425. The summed E-state index contributed by atoms with van der Waals surface area (Å²) < 4.78 is 0. The molecule has 0 heterocycles. The van der Waals surface area contributed by atoms with Crippen LogP contribution >= 0.6 is 15.9 Å². The van der Waals surface area contributed by atoms with E-state index < -0.39 is 0 Å². The van der Waals surface area contributed by atoms with Gasteiger partial charge in [0.05, 0.1) is 4.83 Å². The molecule has 0 bridgehead atoms. The third kappa shape index (κ3) is 3.92. The van der Waals surface area contributed by atoms with E-state index in [-0.39, 0.29) is 10.7 Å². The summed E-state index contributed by atoms with van der Waals surface area (Å²) in [7, 11) is 0. The summed E-state index contributed by atoms with van der Waals surface area (Å²) in [6, 6.07) is 10.1. The molecule has 0 saturated carbocycles. The number of benzene rings is 1. The number of carbonyl (C=O) groups excluding carboxylic acids is 1. The van der Waals surface area contributed by atoms with Crippen molar-refractivity contribution < 1.29 is 4.79 Å². The van der Waals surface area contributed by atoms with Gasteiger partial charge in [-0.3, -0.25) is 4.79 Å². The fourth-order valence-electron chi connectivity index (χ4n) is 1.12. The molecule has 1 aromatic carbocycles. The highest BCUT2D eigenvalue weighted by Crippen LogP contribution is 1.99. The van der Waals surface area contributed by atoms with Crippen LogP contribution in [0.1, 0.15) is 12.5 Å². The molecule has 0 aliphatic heterocycles. The summed E-state index contributed by atoms with van der Waals surface area (Å²) in [5.74, 6) is 0.0425. The highest BCUT2D eigenvalue weighted by molar-refractivity contribution is 9.10. The standard InChI is InChI=1S/C11H14BrNO/c1-9(12)11(14)13-8-7-10-5-3-2-4-6-10/h2-6,9H,7-8H2,1H3,(H,13,14). The first-order chi connectivity index (χ1) is 6.70. The molecule has 0 spiro atoms. The molecule has 3 heteroatoms. The average Bonchev–Trinajstić information content (AvgIpc) is 2.19. The third-order valence-electron chi connectivity index (χ3n) is 1.92. The lowest BCUT2D eigenvalue weighted by Gasteiger charge is -2.06. The first kappa shape index (κ1) is 11.2. The van der Waals surface area contributed by atoms with Gasteiger partial charge < -0.3 is 5.32 Å². The number of amides is 1. The van der Waals surface area contributed by atoms with Crippen LogP contribution in [0.5, 0.6) is 0 Å². The lowest BCUT2D eigenvalue weighted by atomic mass is 10.1. The first-order valence-corrected chi connectivity index (χ1v) is 5.57. The second-order valence-electron chi connectivity index (χ2n) is 3.14. The van der Waals surface area contributed by atoms with Gasteiger partial charge in [0.2, 0.25) is 5.91 Å². The van der Waals surface area contributed by atoms with E-state index >= 15 is 0 Å². The van der Waals surface area contributed by atoms with Gasteiger partial charge in [-0.25, -0.2) is 0 Å². The molecule has 1 amide bonds. The molecule has 76 valence electrons. The largest absolute Gasteiger partial charge is 0.355 e. The molecule has 0 saturated heterocycles. The molecule has 2 nitrogen and oxygen atoms in total. The van der Waals surface area contributed by atoms with Crippen molar-refractivity contribution in [1.29, 1.82) is 0 Å². The first-order valence-electron chi connectivity index (χ1n) is 4.66. The van der Waals surface area contributed by atoms with Gasteiger partial charge in [-0.1, -0.05) is 46.3 Å². The SMILES string of the molecule is CC(Br)C(=O)NCCc1ccccc1. The van der Waals surface area contributed by atoms with Crippen LogP contribution < -0.4 is 5.32 Å². The molecular weight excluding hydrogens is 242 g/mol. The Bertz CT molecular complexity index is 285. The van der Waals surface area contributed by atoms with Gasteiger partial charge in [0.1, 0.15) is 0 Å². The molecule has 1 unspecified atom stereocenters. The average molecular weight is 256 g/mol. The number of rotatable bonds is 4. The van der Waals surface area contributed by atoms with Gasteiger partial charge in [0.25, 0.3) is 0 Å². The Kier molecular flexibility index (Phi) is 4.66. The minimum atomic E-state index is -0.113. The van der Waals surface area contributed by atoms with Crippen LogP contribution in [0.3, 0.4) is 0 Å². The quantitative estimate of drug-likeness (QED) is 0.821. The maximum Gasteiger partial charge on any atom is 0.233 e. The van der Waals surface area contributed by atoms with Crippen LogP contribution in [-0.4, -0.2) is 17.3 Å². The summed E-state index contributed by atoms with van der Waals surface area (Å²) in [5.41, 5.74) is 1.25. The van der Waals surface area contributed by atoms with Crippen LogP contribution in [0.25, 0.3) is 0 Å². The Morgan fingerprint density at radius 1 is 1.43 bits per heavy atom. The zero-order chi connectivity index (χ0) is 10.4. The molecule has 1 atom stereocenters. The van der Waals surface area contributed by atoms with Crippen LogP contribution in [0, 0.1) is 0 Å². The highest BCUT2D eigenvalue weighted by atomic mass is 79.9. The van der Waals surface area contributed by atoms with Crippen LogP contribution in [-0.2, 0) is 11.2 Å². The van der Waals surface area contributed by atoms with E-state index in [1.807, 2.05) is 25.1 Å². The van der Waals surface area contributed by atoms with Gasteiger partial charge in [-0.15, -0.1) is 0 Å². The molecule has 0 radical (unpaired) electrons. The van der Waals surface area contributed by atoms with Crippen molar-refractivity contribution in [3.63, 3.8) is 0 Å². The summed E-state index contributed by atoms with van der Waals surface area (Å²) >= 11 is 3.21. The zero-order valence-corrected chi connectivity index (χ0v) is 9.75. The molecule has 14 heavy (non-hydrogen) atoms. The van der Waals surface area contributed by atoms with Crippen molar-refractivity contribution in [3.8, 4) is 0 Å². The minimum Gasteiger partial charge on any atom is -0.355 e. The van der Waals surface area contributed by atoms with E-state index in [0.717, 1.165) is 6.42 Å².